The molecule has 0 amide bonds. The molecule has 0 nitrogen and oxygen atoms in total. The minimum atomic E-state index is 0.500. The van der Waals surface area contributed by atoms with E-state index in [0.717, 1.165) is 47.3 Å². The van der Waals surface area contributed by atoms with Crippen LogP contribution in [0.15, 0.2) is 72.8 Å². The highest BCUT2D eigenvalue weighted by Gasteiger charge is 2.30. The van der Waals surface area contributed by atoms with Crippen LogP contribution in [0.25, 0.3) is 11.1 Å². The Kier molecular flexibility index (Phi) is 21.7. The molecule has 3 aromatic carbocycles. The van der Waals surface area contributed by atoms with E-state index >= 15 is 0 Å². The average Bonchev–Trinajstić information content (AvgIpc) is 3.23. The number of benzene rings is 3. The summed E-state index contributed by atoms with van der Waals surface area (Å²) >= 11 is 0. The van der Waals surface area contributed by atoms with Gasteiger partial charge in [-0.15, -0.1) is 0 Å². The third kappa shape index (κ3) is 15.2. The summed E-state index contributed by atoms with van der Waals surface area (Å²) in [6.45, 7) is 9.43. The van der Waals surface area contributed by atoms with Gasteiger partial charge in [0, 0.05) is 0 Å². The van der Waals surface area contributed by atoms with Crippen molar-refractivity contribution in [2.75, 3.05) is 21.5 Å². The summed E-state index contributed by atoms with van der Waals surface area (Å²) in [4.78, 5) is 0. The van der Waals surface area contributed by atoms with Crippen molar-refractivity contribution >= 4 is 0 Å². The van der Waals surface area contributed by atoms with Gasteiger partial charge in [0.25, 0.3) is 0 Å². The zero-order chi connectivity index (χ0) is 39.3. The quantitative estimate of drug-likeness (QED) is 0.226. The normalized spacial score (nSPS) is 27.9. The second-order valence-corrected chi connectivity index (χ2v) is 17.6. The topological polar surface area (TPSA) is 0 Å². The lowest BCUT2D eigenvalue weighted by Crippen LogP contribution is -2.25. The van der Waals surface area contributed by atoms with Crippen molar-refractivity contribution in [2.45, 2.75) is 149 Å². The second kappa shape index (κ2) is 25.6. The number of hydrogen-bond donors (Lipinski definition) is 0. The monoisotopic (exact) mass is 747 g/mol. The van der Waals surface area contributed by atoms with Gasteiger partial charge < -0.3 is 0 Å². The van der Waals surface area contributed by atoms with Gasteiger partial charge in [0.2, 0.25) is 0 Å². The molecule has 3 aromatic rings. The SMILES string of the molecule is CC1CCC(Cc2ccc(-c3ccc(C4CCC(C)CC4)cc3)cc2)CC1.CF.CF.CF.Cc1ccc(CC2CCC(C3CCC(C)CC3)CC2)cc1. The number of hydrogen-bond acceptors (Lipinski definition) is 0. The Morgan fingerprint density at radius 3 is 1.13 bits per heavy atom. The lowest BCUT2D eigenvalue weighted by Gasteiger charge is -2.37. The Bertz CT molecular complexity index is 1330. The van der Waals surface area contributed by atoms with Gasteiger partial charge in [-0.1, -0.05) is 138 Å². The number of aryl methyl sites for hydroxylation is 1. The molecule has 0 heterocycles. The van der Waals surface area contributed by atoms with E-state index in [-0.39, 0.29) is 0 Å². The lowest BCUT2D eigenvalue weighted by molar-refractivity contribution is 0.150. The Balaban J connectivity index is 0.000000261. The van der Waals surface area contributed by atoms with Gasteiger partial charge in [-0.25, -0.2) is 0 Å². The van der Waals surface area contributed by atoms with Gasteiger partial charge in [0.1, 0.15) is 0 Å². The Hall–Kier alpha value is -2.55. The van der Waals surface area contributed by atoms with Crippen LogP contribution in [0.2, 0.25) is 0 Å². The first kappa shape index (κ1) is 45.8. The zero-order valence-electron chi connectivity index (χ0n) is 35.4. The molecule has 4 aliphatic rings. The minimum Gasteiger partial charge on any atom is -0.255 e. The van der Waals surface area contributed by atoms with E-state index < -0.39 is 0 Å². The first-order chi connectivity index (χ1) is 26.4. The minimum absolute atomic E-state index is 0.500. The Labute approximate surface area is 330 Å². The fourth-order valence-electron chi connectivity index (χ4n) is 9.92. The van der Waals surface area contributed by atoms with Gasteiger partial charge in [-0.3, -0.25) is 13.2 Å². The van der Waals surface area contributed by atoms with Crippen molar-refractivity contribution in [1.29, 1.82) is 0 Å². The molecule has 4 saturated carbocycles. The highest BCUT2D eigenvalue weighted by molar-refractivity contribution is 5.64. The summed E-state index contributed by atoms with van der Waals surface area (Å²) in [6, 6.07) is 28.0. The van der Waals surface area contributed by atoms with E-state index in [4.69, 9.17) is 0 Å². The molecule has 0 spiro atoms. The standard InChI is InChI=1S/C27H36.C21H32.3CH3F/c1-20-3-7-22(8-4-20)19-23-9-13-25(14-10-23)27-17-15-26(16-18-27)24-11-5-21(2)6-12-24;1-16-3-7-18(8-4-16)15-19-9-13-21(14-10-19)20-11-5-17(2)6-12-20;3*1-2/h9-10,13-18,20-22,24H,3-8,11-12,19H2,1-2H3;3-4,7-8,17,19-21H,5-6,9-15H2,1-2H3;3*1H3. The van der Waals surface area contributed by atoms with Gasteiger partial charge in [0.15, 0.2) is 0 Å². The maximum atomic E-state index is 9.50. The summed E-state index contributed by atoms with van der Waals surface area (Å²) < 4.78 is 28.5. The van der Waals surface area contributed by atoms with E-state index in [1.165, 1.54) is 138 Å². The van der Waals surface area contributed by atoms with Crippen LogP contribution in [0, 0.1) is 48.3 Å². The molecule has 3 heteroatoms. The van der Waals surface area contributed by atoms with Gasteiger partial charge in [-0.05, 0) is 159 Å². The first-order valence-electron chi connectivity index (χ1n) is 21.8. The van der Waals surface area contributed by atoms with Crippen molar-refractivity contribution < 1.29 is 13.2 Å². The van der Waals surface area contributed by atoms with E-state index in [1.54, 1.807) is 11.1 Å². The van der Waals surface area contributed by atoms with E-state index in [2.05, 4.69) is 100 Å². The molecule has 54 heavy (non-hydrogen) atoms. The van der Waals surface area contributed by atoms with Crippen molar-refractivity contribution in [3.63, 3.8) is 0 Å². The van der Waals surface area contributed by atoms with Gasteiger partial charge in [0.05, 0.1) is 21.5 Å². The molecule has 0 saturated heterocycles. The van der Waals surface area contributed by atoms with Crippen molar-refractivity contribution in [1.82, 2.24) is 0 Å². The van der Waals surface area contributed by atoms with Crippen LogP contribution in [0.3, 0.4) is 0 Å². The zero-order valence-corrected chi connectivity index (χ0v) is 35.4. The summed E-state index contributed by atoms with van der Waals surface area (Å²) in [5, 5.41) is 0. The molecule has 302 valence electrons. The molecular formula is C51H77F3. The molecule has 4 fully saturated rings. The number of rotatable bonds is 7. The molecule has 0 aromatic heterocycles. The fourth-order valence-corrected chi connectivity index (χ4v) is 9.92. The molecule has 0 aliphatic heterocycles. The third-order valence-corrected chi connectivity index (χ3v) is 13.6. The molecule has 0 N–H and O–H groups in total. The summed E-state index contributed by atoms with van der Waals surface area (Å²) in [5.41, 5.74) is 8.73. The van der Waals surface area contributed by atoms with Crippen LogP contribution in [-0.2, 0) is 12.8 Å². The fraction of sp³-hybridized carbons (Fsp3) is 0.647. The summed E-state index contributed by atoms with van der Waals surface area (Å²) in [7, 11) is 1.50. The molecule has 4 aliphatic carbocycles. The first-order valence-corrected chi connectivity index (χ1v) is 21.8. The van der Waals surface area contributed by atoms with Gasteiger partial charge in [-0.2, -0.15) is 0 Å². The van der Waals surface area contributed by atoms with Crippen LogP contribution in [-0.4, -0.2) is 21.5 Å². The van der Waals surface area contributed by atoms with Crippen LogP contribution >= 0.6 is 0 Å². The average molecular weight is 747 g/mol. The smallest absolute Gasteiger partial charge is 0.0785 e. The molecule has 0 bridgehead atoms. The predicted octanol–water partition coefficient (Wildman–Crippen LogP) is 15.9. The highest BCUT2D eigenvalue weighted by atomic mass is 19.1. The summed E-state index contributed by atoms with van der Waals surface area (Å²) in [5.74, 6) is 7.65. The van der Waals surface area contributed by atoms with E-state index in [1.807, 2.05) is 0 Å². The van der Waals surface area contributed by atoms with E-state index in [9.17, 15) is 13.2 Å². The molecule has 0 atom stereocenters. The molecule has 0 unspecified atom stereocenters. The van der Waals surface area contributed by atoms with Crippen molar-refractivity contribution in [2.24, 2.45) is 41.4 Å². The van der Waals surface area contributed by atoms with Crippen LogP contribution in [0.5, 0.6) is 0 Å². The van der Waals surface area contributed by atoms with Gasteiger partial charge >= 0.3 is 0 Å². The van der Waals surface area contributed by atoms with Crippen LogP contribution in [0.1, 0.15) is 152 Å². The largest absolute Gasteiger partial charge is 0.255 e. The lowest BCUT2D eigenvalue weighted by atomic mass is 9.69. The van der Waals surface area contributed by atoms with Crippen LogP contribution in [0.4, 0.5) is 13.2 Å². The summed E-state index contributed by atoms with van der Waals surface area (Å²) in [6.07, 6.45) is 25.8. The number of alkyl halides is 3. The van der Waals surface area contributed by atoms with E-state index in [0.29, 0.717) is 21.5 Å². The number of halogens is 3. The highest BCUT2D eigenvalue weighted by Crippen LogP contribution is 2.42. The Morgan fingerprint density at radius 1 is 0.389 bits per heavy atom. The van der Waals surface area contributed by atoms with Crippen LogP contribution < -0.4 is 0 Å². The third-order valence-electron chi connectivity index (χ3n) is 13.6. The Morgan fingerprint density at radius 2 is 0.704 bits per heavy atom. The molecule has 7 rings (SSSR count). The molecular weight excluding hydrogens is 670 g/mol. The predicted molar refractivity (Wildman–Crippen MR) is 230 cm³/mol. The maximum Gasteiger partial charge on any atom is 0.0785 e. The maximum absolute atomic E-state index is 9.50. The van der Waals surface area contributed by atoms with Crippen molar-refractivity contribution in [3.8, 4) is 11.1 Å². The molecule has 0 radical (unpaired) electrons. The second-order valence-electron chi connectivity index (χ2n) is 17.6. The van der Waals surface area contributed by atoms with Crippen molar-refractivity contribution in [3.05, 3.63) is 95.1 Å².